The lowest BCUT2D eigenvalue weighted by molar-refractivity contribution is -0.137. The molecule has 0 radical (unpaired) electrons. The number of carbonyl (C=O) groups is 1. The highest BCUT2D eigenvalue weighted by Gasteiger charge is 2.33. The normalized spacial score (nSPS) is 11.4. The number of esters is 1. The first-order valence-corrected chi connectivity index (χ1v) is 5.37. The zero-order valence-electron chi connectivity index (χ0n) is 9.91. The number of aromatic amines is 1. The Morgan fingerprint density at radius 3 is 2.58 bits per heavy atom. The average Bonchev–Trinajstić information content (AvgIpc) is 2.86. The molecule has 0 aliphatic rings. The first-order valence-electron chi connectivity index (χ1n) is 5.37. The number of carbonyl (C=O) groups excluding carboxylic acids is 1. The van der Waals surface area contributed by atoms with Gasteiger partial charge in [0.25, 0.3) is 0 Å². The monoisotopic (exact) mass is 269 g/mol. The molecule has 0 saturated carbocycles. The summed E-state index contributed by atoms with van der Waals surface area (Å²) < 4.78 is 43.1. The molecule has 1 heterocycles. The van der Waals surface area contributed by atoms with E-state index in [0.717, 1.165) is 6.07 Å². The second kappa shape index (κ2) is 4.79. The van der Waals surface area contributed by atoms with Crippen LogP contribution in [0, 0.1) is 0 Å². The molecule has 0 spiro atoms. The fourth-order valence-electron chi connectivity index (χ4n) is 1.76. The molecule has 0 atom stereocenters. The third-order valence-corrected chi connectivity index (χ3v) is 2.63. The van der Waals surface area contributed by atoms with E-state index in [2.05, 4.69) is 9.72 Å². The van der Waals surface area contributed by atoms with Crippen molar-refractivity contribution in [1.82, 2.24) is 4.98 Å². The van der Waals surface area contributed by atoms with Crippen molar-refractivity contribution in [3.8, 4) is 11.1 Å². The lowest BCUT2D eigenvalue weighted by Crippen LogP contribution is -2.06. The molecule has 1 aromatic heterocycles. The molecule has 1 aromatic carbocycles. The lowest BCUT2D eigenvalue weighted by atomic mass is 10.0. The number of H-pyrrole nitrogens is 1. The van der Waals surface area contributed by atoms with Gasteiger partial charge in [-0.15, -0.1) is 0 Å². The van der Waals surface area contributed by atoms with Gasteiger partial charge in [-0.3, -0.25) is 0 Å². The Hall–Kier alpha value is -2.24. The van der Waals surface area contributed by atoms with E-state index in [9.17, 15) is 18.0 Å². The largest absolute Gasteiger partial charge is 0.464 e. The van der Waals surface area contributed by atoms with Gasteiger partial charge < -0.3 is 9.72 Å². The summed E-state index contributed by atoms with van der Waals surface area (Å²) in [5.74, 6) is -0.629. The summed E-state index contributed by atoms with van der Waals surface area (Å²) in [6, 6.07) is 6.51. The van der Waals surface area contributed by atoms with Crippen molar-refractivity contribution in [3.63, 3.8) is 0 Å². The number of alkyl halides is 3. The molecule has 2 rings (SSSR count). The van der Waals surface area contributed by atoms with Crippen LogP contribution in [0.5, 0.6) is 0 Å². The van der Waals surface area contributed by atoms with Gasteiger partial charge in [0.1, 0.15) is 5.69 Å². The molecule has 0 unspecified atom stereocenters. The summed E-state index contributed by atoms with van der Waals surface area (Å²) in [7, 11) is 1.20. The fraction of sp³-hybridized carbons (Fsp3) is 0.154. The molecule has 3 nitrogen and oxygen atoms in total. The van der Waals surface area contributed by atoms with Crippen molar-refractivity contribution >= 4 is 5.97 Å². The zero-order valence-corrected chi connectivity index (χ0v) is 9.91. The number of hydrogen-bond acceptors (Lipinski definition) is 2. The van der Waals surface area contributed by atoms with E-state index in [4.69, 9.17) is 0 Å². The average molecular weight is 269 g/mol. The number of hydrogen-bond donors (Lipinski definition) is 1. The van der Waals surface area contributed by atoms with Crippen LogP contribution in [0.25, 0.3) is 11.1 Å². The number of benzene rings is 1. The number of methoxy groups -OCH3 is 1. The molecule has 0 aliphatic carbocycles. The third-order valence-electron chi connectivity index (χ3n) is 2.63. The van der Waals surface area contributed by atoms with Gasteiger partial charge in [0.15, 0.2) is 0 Å². The van der Waals surface area contributed by atoms with Gasteiger partial charge in [-0.25, -0.2) is 4.79 Å². The Morgan fingerprint density at radius 1 is 1.26 bits per heavy atom. The molecule has 100 valence electrons. The van der Waals surface area contributed by atoms with Crippen molar-refractivity contribution in [3.05, 3.63) is 47.8 Å². The van der Waals surface area contributed by atoms with E-state index in [0.29, 0.717) is 0 Å². The Balaban J connectivity index is 2.48. The minimum atomic E-state index is -4.45. The second-order valence-electron chi connectivity index (χ2n) is 3.84. The fourth-order valence-corrected chi connectivity index (χ4v) is 1.76. The summed E-state index contributed by atoms with van der Waals surface area (Å²) in [5, 5.41) is 0. The summed E-state index contributed by atoms with van der Waals surface area (Å²) in [6.45, 7) is 0. The zero-order chi connectivity index (χ0) is 14.0. The van der Waals surface area contributed by atoms with Gasteiger partial charge in [-0.05, 0) is 17.7 Å². The standard InChI is InChI=1S/C13H10F3NO2/c1-19-12(18)11-6-8(7-17-11)9-4-2-3-5-10(9)13(14,15)16/h2-7,17H,1H3. The van der Waals surface area contributed by atoms with Gasteiger partial charge in [0.05, 0.1) is 12.7 Å². The topological polar surface area (TPSA) is 42.1 Å². The number of aromatic nitrogens is 1. The molecule has 0 bridgehead atoms. The van der Waals surface area contributed by atoms with E-state index < -0.39 is 17.7 Å². The van der Waals surface area contributed by atoms with E-state index in [1.54, 1.807) is 0 Å². The maximum absolute atomic E-state index is 12.9. The van der Waals surface area contributed by atoms with Gasteiger partial charge in [0, 0.05) is 11.8 Å². The summed E-state index contributed by atoms with van der Waals surface area (Å²) in [6.07, 6.45) is -3.10. The highest BCUT2D eigenvalue weighted by atomic mass is 19.4. The van der Waals surface area contributed by atoms with Gasteiger partial charge in [-0.1, -0.05) is 18.2 Å². The first-order chi connectivity index (χ1) is 8.93. The first kappa shape index (κ1) is 13.2. The van der Waals surface area contributed by atoms with Crippen LogP contribution in [0.15, 0.2) is 36.5 Å². The smallest absolute Gasteiger partial charge is 0.417 e. The maximum Gasteiger partial charge on any atom is 0.417 e. The Morgan fingerprint density at radius 2 is 1.95 bits per heavy atom. The quantitative estimate of drug-likeness (QED) is 0.848. The lowest BCUT2D eigenvalue weighted by Gasteiger charge is -2.11. The van der Waals surface area contributed by atoms with Gasteiger partial charge in [-0.2, -0.15) is 13.2 Å². The molecule has 1 N–H and O–H groups in total. The predicted molar refractivity (Wildman–Crippen MR) is 62.6 cm³/mol. The van der Waals surface area contributed by atoms with Crippen LogP contribution >= 0.6 is 0 Å². The minimum absolute atomic E-state index is 0.0152. The third kappa shape index (κ3) is 2.62. The number of ether oxygens (including phenoxy) is 1. The van der Waals surface area contributed by atoms with Crippen molar-refractivity contribution in [2.75, 3.05) is 7.11 Å². The molecular weight excluding hydrogens is 259 g/mol. The molecule has 0 aliphatic heterocycles. The van der Waals surface area contributed by atoms with Crippen molar-refractivity contribution in [1.29, 1.82) is 0 Å². The van der Waals surface area contributed by atoms with Crippen LogP contribution in [-0.2, 0) is 10.9 Å². The molecule has 0 fully saturated rings. The summed E-state index contributed by atoms with van der Waals surface area (Å²) in [5.41, 5.74) is -0.338. The van der Waals surface area contributed by atoms with Crippen molar-refractivity contribution < 1.29 is 22.7 Å². The van der Waals surface area contributed by atoms with Gasteiger partial charge in [0.2, 0.25) is 0 Å². The SMILES string of the molecule is COC(=O)c1cc(-c2ccccc2C(F)(F)F)c[nH]1. The van der Waals surface area contributed by atoms with Crippen molar-refractivity contribution in [2.24, 2.45) is 0 Å². The molecule has 2 aromatic rings. The van der Waals surface area contributed by atoms with E-state index >= 15 is 0 Å². The van der Waals surface area contributed by atoms with E-state index in [1.165, 1.54) is 37.6 Å². The summed E-state index contributed by atoms with van der Waals surface area (Å²) in [4.78, 5) is 13.9. The van der Waals surface area contributed by atoms with Crippen LogP contribution in [0.4, 0.5) is 13.2 Å². The molecule has 0 saturated heterocycles. The maximum atomic E-state index is 12.9. The van der Waals surface area contributed by atoms with Crippen LogP contribution in [0.3, 0.4) is 0 Å². The number of halogens is 3. The predicted octanol–water partition coefficient (Wildman–Crippen LogP) is 3.49. The Labute approximate surface area is 107 Å². The van der Waals surface area contributed by atoms with Crippen LogP contribution < -0.4 is 0 Å². The van der Waals surface area contributed by atoms with Crippen LogP contribution in [-0.4, -0.2) is 18.1 Å². The second-order valence-corrected chi connectivity index (χ2v) is 3.84. The van der Waals surface area contributed by atoms with Crippen LogP contribution in [0.1, 0.15) is 16.1 Å². The van der Waals surface area contributed by atoms with Gasteiger partial charge >= 0.3 is 12.1 Å². The summed E-state index contributed by atoms with van der Waals surface area (Å²) >= 11 is 0. The van der Waals surface area contributed by atoms with Crippen molar-refractivity contribution in [2.45, 2.75) is 6.18 Å². The van der Waals surface area contributed by atoms with Crippen LogP contribution in [0.2, 0.25) is 0 Å². The van der Waals surface area contributed by atoms with E-state index in [1.807, 2.05) is 0 Å². The molecular formula is C13H10F3NO2. The number of rotatable bonds is 2. The Kier molecular flexibility index (Phi) is 3.33. The molecule has 0 amide bonds. The number of nitrogens with one attached hydrogen (secondary N) is 1. The van der Waals surface area contributed by atoms with E-state index in [-0.39, 0.29) is 16.8 Å². The molecule has 6 heteroatoms. The molecule has 19 heavy (non-hydrogen) atoms. The highest BCUT2D eigenvalue weighted by molar-refractivity contribution is 5.89. The minimum Gasteiger partial charge on any atom is -0.464 e. The Bertz CT molecular complexity index is 602. The highest BCUT2D eigenvalue weighted by Crippen LogP contribution is 2.37.